The van der Waals surface area contributed by atoms with Crippen molar-refractivity contribution in [3.8, 4) is 0 Å². The Hall–Kier alpha value is 2.41. The number of hydrogen-bond acceptors (Lipinski definition) is 0. The van der Waals surface area contributed by atoms with Gasteiger partial charge in [-0.1, -0.05) is 0 Å². The van der Waals surface area contributed by atoms with E-state index in [1.807, 2.05) is 0 Å². The number of hydrogen-bond donors (Lipinski definition) is 0. The van der Waals surface area contributed by atoms with Gasteiger partial charge in [0.25, 0.3) is 0 Å². The Morgan fingerprint density at radius 2 is 0.750 bits per heavy atom. The molecule has 0 N–H and O–H groups in total. The maximum absolute atomic E-state index is 0. The van der Waals surface area contributed by atoms with Gasteiger partial charge in [-0.15, -0.1) is 0 Å². The minimum absolute atomic E-state index is 0. The molecule has 0 bridgehead atoms. The van der Waals surface area contributed by atoms with E-state index in [0.29, 0.717) is 0 Å². The van der Waals surface area contributed by atoms with Crippen LogP contribution in [-0.4, -0.2) is 23.9 Å². The third kappa shape index (κ3) is 8.83. The third-order valence-electron chi connectivity index (χ3n) is 0. The Labute approximate surface area is 75.4 Å². The molecule has 0 saturated heterocycles. The van der Waals surface area contributed by atoms with Gasteiger partial charge in [0.1, 0.15) is 0 Å². The van der Waals surface area contributed by atoms with E-state index in [9.17, 15) is 0 Å². The molecule has 0 amide bonds. The summed E-state index contributed by atoms with van der Waals surface area (Å²) >= 11 is 0. The predicted molar refractivity (Wildman–Crippen MR) is 5.75 cm³/mol. The van der Waals surface area contributed by atoms with Gasteiger partial charge in [-0.2, -0.15) is 0 Å². The largest absolute Gasteiger partial charge is 0 e. The molecule has 4 heteroatoms. The SMILES string of the molecule is [Ni].[Ni].[Sn].[Zn]. The van der Waals surface area contributed by atoms with Gasteiger partial charge in [-0.3, -0.25) is 0 Å². The van der Waals surface area contributed by atoms with E-state index in [0.717, 1.165) is 0 Å². The first-order valence-electron chi connectivity index (χ1n) is 0. The molecular weight excluding hydrogens is 301 g/mol. The quantitative estimate of drug-likeness (QED) is 0.535. The van der Waals surface area contributed by atoms with E-state index in [2.05, 4.69) is 0 Å². The molecule has 4 radical (unpaired) electrons. The minimum Gasteiger partial charge on any atom is 0 e. The standard InChI is InChI=1S/2Ni.Sn.Zn. The van der Waals surface area contributed by atoms with Crippen LogP contribution in [0.4, 0.5) is 0 Å². The Bertz CT molecular complexity index is 6.00. The Morgan fingerprint density at radius 3 is 0.750 bits per heavy atom. The second-order valence-corrected chi connectivity index (χ2v) is 0. The van der Waals surface area contributed by atoms with Crippen molar-refractivity contribution in [3.05, 3.63) is 0 Å². The van der Waals surface area contributed by atoms with Crippen LogP contribution >= 0.6 is 0 Å². The molecule has 26 valence electrons. The monoisotopic (exact) mass is 300 g/mol. The average Bonchev–Trinajstić information content (AvgIpc) is 0. The molecule has 0 nitrogen and oxygen atoms in total. The van der Waals surface area contributed by atoms with Crippen LogP contribution in [0.2, 0.25) is 0 Å². The minimum atomic E-state index is 0. The van der Waals surface area contributed by atoms with Crippen LogP contribution in [0, 0.1) is 0 Å². The zero-order chi connectivity index (χ0) is 0. The van der Waals surface area contributed by atoms with Crippen molar-refractivity contribution in [2.24, 2.45) is 0 Å². The van der Waals surface area contributed by atoms with Crippen molar-refractivity contribution in [2.75, 3.05) is 0 Å². The first kappa shape index (κ1) is 32.3. The molecule has 0 rings (SSSR count). The van der Waals surface area contributed by atoms with Gasteiger partial charge >= 0.3 is 0 Å². The van der Waals surface area contributed by atoms with Crippen LogP contribution in [0.5, 0.6) is 0 Å². The van der Waals surface area contributed by atoms with E-state index in [4.69, 9.17) is 0 Å². The molecule has 0 unspecified atom stereocenters. The van der Waals surface area contributed by atoms with E-state index < -0.39 is 0 Å². The molecule has 4 heavy (non-hydrogen) atoms. The fourth-order valence-electron chi connectivity index (χ4n) is 0. The summed E-state index contributed by atoms with van der Waals surface area (Å²) < 4.78 is 0. The van der Waals surface area contributed by atoms with Gasteiger partial charge in [0.2, 0.25) is 0 Å². The van der Waals surface area contributed by atoms with Gasteiger partial charge < -0.3 is 0 Å². The van der Waals surface area contributed by atoms with Gasteiger partial charge in [-0.05, 0) is 0 Å². The van der Waals surface area contributed by atoms with E-state index in [-0.39, 0.29) is 76.4 Å². The maximum Gasteiger partial charge on any atom is 0 e. The van der Waals surface area contributed by atoms with E-state index >= 15 is 0 Å². The molecule has 0 aliphatic heterocycles. The summed E-state index contributed by atoms with van der Waals surface area (Å²) in [5.74, 6) is 0. The molecule has 0 saturated carbocycles. The molecule has 0 fully saturated rings. The number of rotatable bonds is 0. The Morgan fingerprint density at radius 1 is 0.750 bits per heavy atom. The molecule has 0 aliphatic rings. The summed E-state index contributed by atoms with van der Waals surface area (Å²) in [5.41, 5.74) is 0. The van der Waals surface area contributed by atoms with Crippen molar-refractivity contribution in [1.29, 1.82) is 0 Å². The normalized spacial score (nSPS) is 0. The molecule has 0 atom stereocenters. The molecule has 0 aromatic rings. The Balaban J connectivity index is 0. The predicted octanol–water partition coefficient (Wildman–Crippen LogP) is -0.388. The molecule has 0 aromatic carbocycles. The van der Waals surface area contributed by atoms with Crippen LogP contribution in [-0.2, 0) is 52.5 Å². The smallest absolute Gasteiger partial charge is 0 e. The Kier molecular flexibility index (Phi) is 146. The van der Waals surface area contributed by atoms with Crippen molar-refractivity contribution in [1.82, 2.24) is 0 Å². The van der Waals surface area contributed by atoms with Crippen LogP contribution < -0.4 is 0 Å². The van der Waals surface area contributed by atoms with Crippen molar-refractivity contribution in [3.63, 3.8) is 0 Å². The zero-order valence-corrected chi connectivity index (χ0v) is 9.64. The summed E-state index contributed by atoms with van der Waals surface area (Å²) in [6.07, 6.45) is 0. The summed E-state index contributed by atoms with van der Waals surface area (Å²) in [6.45, 7) is 0. The summed E-state index contributed by atoms with van der Waals surface area (Å²) in [5, 5.41) is 0. The van der Waals surface area contributed by atoms with Crippen molar-refractivity contribution >= 4 is 23.9 Å². The summed E-state index contributed by atoms with van der Waals surface area (Å²) in [7, 11) is 0. The first-order valence-corrected chi connectivity index (χ1v) is 0. The topological polar surface area (TPSA) is 0 Å². The van der Waals surface area contributed by atoms with Gasteiger partial charge in [0.15, 0.2) is 0 Å². The van der Waals surface area contributed by atoms with Crippen LogP contribution in [0.3, 0.4) is 0 Å². The van der Waals surface area contributed by atoms with E-state index in [1.54, 1.807) is 0 Å². The zero-order valence-electron chi connectivity index (χ0n) is 1.84. The maximum atomic E-state index is 0. The average molecular weight is 301 g/mol. The fraction of sp³-hybridized carbons (Fsp3) is 0. The van der Waals surface area contributed by atoms with Gasteiger partial charge in [-0.25, -0.2) is 0 Å². The fourth-order valence-corrected chi connectivity index (χ4v) is 0. The van der Waals surface area contributed by atoms with Crippen LogP contribution in [0.25, 0.3) is 0 Å². The summed E-state index contributed by atoms with van der Waals surface area (Å²) in [4.78, 5) is 0. The van der Waals surface area contributed by atoms with Gasteiger partial charge in [0, 0.05) is 76.4 Å². The molecule has 0 spiro atoms. The molecular formula is Ni2SnZn. The van der Waals surface area contributed by atoms with E-state index in [1.165, 1.54) is 0 Å². The molecule has 0 aromatic heterocycles. The molecule has 0 heterocycles. The second-order valence-electron chi connectivity index (χ2n) is 0. The molecule has 0 aliphatic carbocycles. The second kappa shape index (κ2) is 18.1. The van der Waals surface area contributed by atoms with Crippen LogP contribution in [0.1, 0.15) is 0 Å². The van der Waals surface area contributed by atoms with Gasteiger partial charge in [0.05, 0.1) is 0 Å². The first-order chi connectivity index (χ1) is 0. The van der Waals surface area contributed by atoms with Crippen molar-refractivity contribution in [2.45, 2.75) is 0 Å². The van der Waals surface area contributed by atoms with Crippen LogP contribution in [0.15, 0.2) is 0 Å². The summed E-state index contributed by atoms with van der Waals surface area (Å²) in [6, 6.07) is 0. The third-order valence-corrected chi connectivity index (χ3v) is 0. The van der Waals surface area contributed by atoms with Crippen molar-refractivity contribution < 1.29 is 52.5 Å².